The average molecular weight is 221 g/mol. The van der Waals surface area contributed by atoms with Crippen LogP contribution in [-0.2, 0) is 9.47 Å². The molecule has 0 bridgehead atoms. The maximum Gasteiger partial charge on any atom is 0.411 e. The molecule has 0 radical (unpaired) electrons. The molecule has 1 rings (SSSR count). The van der Waals surface area contributed by atoms with E-state index >= 15 is 0 Å². The number of amides is 1. The van der Waals surface area contributed by atoms with Gasteiger partial charge in [0.1, 0.15) is 6.61 Å². The Bertz CT molecular complexity index is 363. The highest BCUT2D eigenvalue weighted by molar-refractivity contribution is 5.85. The largest absolute Gasteiger partial charge is 0.447 e. The summed E-state index contributed by atoms with van der Waals surface area (Å²) >= 11 is 0. The summed E-state index contributed by atoms with van der Waals surface area (Å²) in [5.41, 5.74) is 1.62. The summed E-state index contributed by atoms with van der Waals surface area (Å²) in [6.07, 6.45) is 1.22. The van der Waals surface area contributed by atoms with Gasteiger partial charge in [-0.2, -0.15) is 0 Å². The molecule has 0 heterocycles. The Morgan fingerprint density at radius 2 is 2.31 bits per heavy atom. The van der Waals surface area contributed by atoms with E-state index in [1.54, 1.807) is 19.3 Å². The maximum atomic E-state index is 11.3. The van der Waals surface area contributed by atoms with Crippen LogP contribution in [0.25, 0.3) is 6.08 Å². The third kappa shape index (κ3) is 4.14. The molecule has 0 saturated heterocycles. The number of rotatable bonds is 5. The number of ether oxygens (including phenoxy) is 2. The number of carbonyl (C=O) groups excluding carboxylic acids is 1. The zero-order valence-corrected chi connectivity index (χ0v) is 9.23. The fraction of sp³-hybridized carbons (Fsp3) is 0.250. The molecule has 0 aliphatic carbocycles. The van der Waals surface area contributed by atoms with Crippen LogP contribution in [0.3, 0.4) is 0 Å². The van der Waals surface area contributed by atoms with E-state index in [0.29, 0.717) is 12.3 Å². The van der Waals surface area contributed by atoms with Gasteiger partial charge in [0.25, 0.3) is 0 Å². The first-order chi connectivity index (χ1) is 7.76. The lowest BCUT2D eigenvalue weighted by Gasteiger charge is -2.06. The van der Waals surface area contributed by atoms with E-state index < -0.39 is 6.09 Å². The monoisotopic (exact) mass is 221 g/mol. The molecule has 4 nitrogen and oxygen atoms in total. The molecule has 0 atom stereocenters. The van der Waals surface area contributed by atoms with Crippen molar-refractivity contribution in [3.8, 4) is 0 Å². The van der Waals surface area contributed by atoms with Crippen LogP contribution in [0, 0.1) is 0 Å². The average Bonchev–Trinajstić information content (AvgIpc) is 2.29. The summed E-state index contributed by atoms with van der Waals surface area (Å²) < 4.78 is 9.62. The zero-order valence-electron chi connectivity index (χ0n) is 9.23. The van der Waals surface area contributed by atoms with E-state index in [1.165, 1.54) is 0 Å². The predicted molar refractivity (Wildman–Crippen MR) is 63.4 cm³/mol. The topological polar surface area (TPSA) is 47.6 Å². The molecule has 1 aromatic carbocycles. The fourth-order valence-electron chi connectivity index (χ4n) is 1.12. The lowest BCUT2D eigenvalue weighted by molar-refractivity contribution is 0.107. The van der Waals surface area contributed by atoms with E-state index in [0.717, 1.165) is 5.56 Å². The van der Waals surface area contributed by atoms with E-state index in [4.69, 9.17) is 9.47 Å². The number of benzene rings is 1. The third-order valence-corrected chi connectivity index (χ3v) is 1.89. The lowest BCUT2D eigenvalue weighted by Crippen LogP contribution is -2.16. The summed E-state index contributed by atoms with van der Waals surface area (Å²) in [4.78, 5) is 11.3. The Hall–Kier alpha value is -1.81. The molecule has 0 spiro atoms. The Morgan fingerprint density at radius 3 is 3.00 bits per heavy atom. The Labute approximate surface area is 94.9 Å². The van der Waals surface area contributed by atoms with Crippen LogP contribution in [0.2, 0.25) is 0 Å². The van der Waals surface area contributed by atoms with Gasteiger partial charge in [-0.05, 0) is 17.7 Å². The summed E-state index contributed by atoms with van der Waals surface area (Å²) in [7, 11) is 1.55. The van der Waals surface area contributed by atoms with Crippen LogP contribution >= 0.6 is 0 Å². The quantitative estimate of drug-likeness (QED) is 0.777. The molecule has 1 amide bonds. The standard InChI is InChI=1S/C12H15NO3/c1-3-10-5-4-6-11(9-10)13-12(14)16-8-7-15-2/h3-6,9H,1,7-8H2,2H3,(H,13,14). The van der Waals surface area contributed by atoms with Gasteiger partial charge in [0.05, 0.1) is 6.61 Å². The normalized spacial score (nSPS) is 9.56. The first-order valence-corrected chi connectivity index (χ1v) is 4.91. The van der Waals surface area contributed by atoms with Gasteiger partial charge in [-0.25, -0.2) is 4.79 Å². The minimum absolute atomic E-state index is 0.240. The minimum atomic E-state index is -0.488. The first-order valence-electron chi connectivity index (χ1n) is 4.91. The number of anilines is 1. The molecule has 0 fully saturated rings. The Morgan fingerprint density at radius 1 is 1.50 bits per heavy atom. The second-order valence-electron chi connectivity index (χ2n) is 3.08. The van der Waals surface area contributed by atoms with Crippen molar-refractivity contribution in [3.05, 3.63) is 36.4 Å². The van der Waals surface area contributed by atoms with E-state index in [-0.39, 0.29) is 6.61 Å². The Kier molecular flexibility index (Phi) is 5.08. The molecule has 0 aromatic heterocycles. The highest BCUT2D eigenvalue weighted by atomic mass is 16.6. The van der Waals surface area contributed by atoms with Crippen LogP contribution in [-0.4, -0.2) is 26.4 Å². The molecule has 0 aliphatic heterocycles. The van der Waals surface area contributed by atoms with E-state index in [2.05, 4.69) is 11.9 Å². The minimum Gasteiger partial charge on any atom is -0.447 e. The highest BCUT2D eigenvalue weighted by Crippen LogP contribution is 2.11. The number of carbonyl (C=O) groups is 1. The smallest absolute Gasteiger partial charge is 0.411 e. The second kappa shape index (κ2) is 6.63. The predicted octanol–water partition coefficient (Wildman–Crippen LogP) is 2.52. The lowest BCUT2D eigenvalue weighted by atomic mass is 10.2. The molecule has 16 heavy (non-hydrogen) atoms. The van der Waals surface area contributed by atoms with E-state index in [9.17, 15) is 4.79 Å². The van der Waals surface area contributed by atoms with Crippen molar-refractivity contribution in [2.45, 2.75) is 0 Å². The summed E-state index contributed by atoms with van der Waals surface area (Å²) in [6.45, 7) is 4.28. The maximum absolute atomic E-state index is 11.3. The summed E-state index contributed by atoms with van der Waals surface area (Å²) in [5, 5.41) is 2.61. The van der Waals surface area contributed by atoms with Gasteiger partial charge >= 0.3 is 6.09 Å². The van der Waals surface area contributed by atoms with Gasteiger partial charge in [0, 0.05) is 12.8 Å². The first kappa shape index (κ1) is 12.3. The van der Waals surface area contributed by atoms with Crippen molar-refractivity contribution < 1.29 is 14.3 Å². The number of hydrogen-bond acceptors (Lipinski definition) is 3. The van der Waals surface area contributed by atoms with Gasteiger partial charge in [-0.3, -0.25) is 5.32 Å². The van der Waals surface area contributed by atoms with Crippen LogP contribution in [0.4, 0.5) is 10.5 Å². The van der Waals surface area contributed by atoms with Crippen LogP contribution in [0.1, 0.15) is 5.56 Å². The highest BCUT2D eigenvalue weighted by Gasteiger charge is 2.02. The van der Waals surface area contributed by atoms with E-state index in [1.807, 2.05) is 18.2 Å². The van der Waals surface area contributed by atoms with Crippen LogP contribution < -0.4 is 5.32 Å². The molecule has 0 unspecified atom stereocenters. The van der Waals surface area contributed by atoms with Gasteiger partial charge in [-0.1, -0.05) is 24.8 Å². The molecule has 4 heteroatoms. The Balaban J connectivity index is 2.46. The second-order valence-corrected chi connectivity index (χ2v) is 3.08. The molecule has 86 valence electrons. The number of nitrogens with one attached hydrogen (secondary N) is 1. The molecule has 0 saturated carbocycles. The van der Waals surface area contributed by atoms with Crippen LogP contribution in [0.5, 0.6) is 0 Å². The van der Waals surface area contributed by atoms with Crippen molar-refractivity contribution in [3.63, 3.8) is 0 Å². The zero-order chi connectivity index (χ0) is 11.8. The van der Waals surface area contributed by atoms with Crippen LogP contribution in [0.15, 0.2) is 30.8 Å². The van der Waals surface area contributed by atoms with Gasteiger partial charge < -0.3 is 9.47 Å². The summed E-state index contributed by atoms with van der Waals surface area (Å²) in [5.74, 6) is 0. The molecule has 1 aromatic rings. The van der Waals surface area contributed by atoms with Gasteiger partial charge in [0.2, 0.25) is 0 Å². The summed E-state index contributed by atoms with van der Waals surface area (Å²) in [6, 6.07) is 7.32. The number of methoxy groups -OCH3 is 1. The van der Waals surface area contributed by atoms with Gasteiger partial charge in [0.15, 0.2) is 0 Å². The molecular weight excluding hydrogens is 206 g/mol. The van der Waals surface area contributed by atoms with Crippen molar-refractivity contribution in [2.24, 2.45) is 0 Å². The molecule has 0 aliphatic rings. The molecule has 1 N–H and O–H groups in total. The fourth-order valence-corrected chi connectivity index (χ4v) is 1.12. The van der Waals surface area contributed by atoms with Crippen molar-refractivity contribution in [1.82, 2.24) is 0 Å². The van der Waals surface area contributed by atoms with Crippen molar-refractivity contribution >= 4 is 17.9 Å². The van der Waals surface area contributed by atoms with Gasteiger partial charge in [-0.15, -0.1) is 0 Å². The van der Waals surface area contributed by atoms with Crippen molar-refractivity contribution in [1.29, 1.82) is 0 Å². The number of hydrogen-bond donors (Lipinski definition) is 1. The molecular formula is C12H15NO3. The third-order valence-electron chi connectivity index (χ3n) is 1.89. The SMILES string of the molecule is C=Cc1cccc(NC(=O)OCCOC)c1. The van der Waals surface area contributed by atoms with Crippen molar-refractivity contribution in [2.75, 3.05) is 25.6 Å².